The van der Waals surface area contributed by atoms with Gasteiger partial charge in [-0.3, -0.25) is 9.59 Å². The van der Waals surface area contributed by atoms with Gasteiger partial charge in [-0.2, -0.15) is 0 Å². The van der Waals surface area contributed by atoms with Gasteiger partial charge in [0.1, 0.15) is 12.4 Å². The highest BCUT2D eigenvalue weighted by Gasteiger charge is 2.14. The Bertz CT molecular complexity index is 640. The van der Waals surface area contributed by atoms with Crippen molar-refractivity contribution in [3.63, 3.8) is 0 Å². The van der Waals surface area contributed by atoms with Crippen LogP contribution < -0.4 is 4.90 Å². The number of carboxylic acids is 1. The molecule has 0 saturated heterocycles. The Morgan fingerprint density at radius 3 is 2.43 bits per heavy atom. The fourth-order valence-electron chi connectivity index (χ4n) is 2.07. The van der Waals surface area contributed by atoms with E-state index in [9.17, 15) is 14.0 Å². The standard InChI is InChI=1S/C16H14FNO3/c17-14-7-5-12(6-8-14)9-18(10-16(20)21)15-4-2-1-3-13(15)11-19/h1-8,11H,9-10H2,(H,20,21). The molecule has 0 aliphatic heterocycles. The SMILES string of the molecule is O=Cc1ccccc1N(CC(=O)O)Cc1ccc(F)cc1. The van der Waals surface area contributed by atoms with E-state index in [1.54, 1.807) is 41.3 Å². The molecule has 0 aliphatic carbocycles. The van der Waals surface area contributed by atoms with E-state index < -0.39 is 5.97 Å². The smallest absolute Gasteiger partial charge is 0.323 e. The molecular formula is C16H14FNO3. The van der Waals surface area contributed by atoms with Crippen LogP contribution in [0.1, 0.15) is 15.9 Å². The number of rotatable bonds is 6. The van der Waals surface area contributed by atoms with Gasteiger partial charge in [-0.1, -0.05) is 24.3 Å². The molecule has 5 heteroatoms. The lowest BCUT2D eigenvalue weighted by atomic mass is 10.1. The maximum absolute atomic E-state index is 12.9. The van der Waals surface area contributed by atoms with Crippen molar-refractivity contribution in [2.45, 2.75) is 6.54 Å². The van der Waals surface area contributed by atoms with E-state index >= 15 is 0 Å². The van der Waals surface area contributed by atoms with Crippen LogP contribution in [0.5, 0.6) is 0 Å². The third kappa shape index (κ3) is 3.89. The minimum Gasteiger partial charge on any atom is -0.480 e. The summed E-state index contributed by atoms with van der Waals surface area (Å²) in [5, 5.41) is 9.04. The molecule has 0 saturated carbocycles. The Morgan fingerprint density at radius 1 is 1.14 bits per heavy atom. The van der Waals surface area contributed by atoms with Crippen molar-refractivity contribution in [1.29, 1.82) is 0 Å². The normalized spacial score (nSPS) is 10.1. The van der Waals surface area contributed by atoms with Crippen LogP contribution in [0.25, 0.3) is 0 Å². The predicted molar refractivity (Wildman–Crippen MR) is 76.9 cm³/mol. The molecule has 0 amide bonds. The molecule has 0 atom stereocenters. The molecule has 0 bridgehead atoms. The average Bonchev–Trinajstić information content (AvgIpc) is 2.48. The van der Waals surface area contributed by atoms with Gasteiger partial charge in [0.15, 0.2) is 6.29 Å². The van der Waals surface area contributed by atoms with E-state index in [-0.39, 0.29) is 18.9 Å². The number of halogens is 1. The van der Waals surface area contributed by atoms with Crippen molar-refractivity contribution in [3.05, 3.63) is 65.5 Å². The van der Waals surface area contributed by atoms with E-state index in [0.29, 0.717) is 17.5 Å². The van der Waals surface area contributed by atoms with E-state index in [1.165, 1.54) is 12.1 Å². The summed E-state index contributed by atoms with van der Waals surface area (Å²) in [6.07, 6.45) is 0.689. The molecule has 0 aliphatic rings. The molecule has 0 spiro atoms. The average molecular weight is 287 g/mol. The van der Waals surface area contributed by atoms with Crippen LogP contribution >= 0.6 is 0 Å². The van der Waals surface area contributed by atoms with Crippen LogP contribution in [-0.4, -0.2) is 23.9 Å². The number of carboxylic acid groups (broad SMARTS) is 1. The number of aldehydes is 1. The molecule has 0 radical (unpaired) electrons. The third-order valence-corrected chi connectivity index (χ3v) is 3.02. The first-order chi connectivity index (χ1) is 10.1. The molecule has 2 aromatic carbocycles. The predicted octanol–water partition coefficient (Wildman–Crippen LogP) is 2.73. The monoisotopic (exact) mass is 287 g/mol. The lowest BCUT2D eigenvalue weighted by molar-refractivity contribution is -0.135. The van der Waals surface area contributed by atoms with Crippen molar-refractivity contribution >= 4 is 17.9 Å². The van der Waals surface area contributed by atoms with Gasteiger partial charge in [0.25, 0.3) is 0 Å². The lowest BCUT2D eigenvalue weighted by Gasteiger charge is -2.24. The summed E-state index contributed by atoms with van der Waals surface area (Å²) >= 11 is 0. The number of hydrogen-bond donors (Lipinski definition) is 1. The summed E-state index contributed by atoms with van der Waals surface area (Å²) < 4.78 is 12.9. The number of carbonyl (C=O) groups excluding carboxylic acids is 1. The number of aliphatic carboxylic acids is 1. The molecule has 4 nitrogen and oxygen atoms in total. The summed E-state index contributed by atoms with van der Waals surface area (Å²) in [6.45, 7) is 0.0274. The number of benzene rings is 2. The van der Waals surface area contributed by atoms with Gasteiger partial charge >= 0.3 is 5.97 Å². The lowest BCUT2D eigenvalue weighted by Crippen LogP contribution is -2.30. The van der Waals surface area contributed by atoms with E-state index in [4.69, 9.17) is 5.11 Å². The summed E-state index contributed by atoms with van der Waals surface area (Å²) in [4.78, 5) is 23.7. The first kappa shape index (κ1) is 14.7. The number of para-hydroxylation sites is 1. The Balaban J connectivity index is 2.31. The highest BCUT2D eigenvalue weighted by Crippen LogP contribution is 2.21. The Labute approximate surface area is 121 Å². The summed E-state index contributed by atoms with van der Waals surface area (Å²) in [7, 11) is 0. The fourth-order valence-corrected chi connectivity index (χ4v) is 2.07. The molecule has 2 aromatic rings. The second-order valence-corrected chi connectivity index (χ2v) is 4.55. The zero-order chi connectivity index (χ0) is 15.2. The topological polar surface area (TPSA) is 57.6 Å². The number of hydrogen-bond acceptors (Lipinski definition) is 3. The van der Waals surface area contributed by atoms with Gasteiger partial charge in [0.05, 0.1) is 0 Å². The summed E-state index contributed by atoms with van der Waals surface area (Å²) in [5.74, 6) is -1.35. The largest absolute Gasteiger partial charge is 0.480 e. The minimum atomic E-state index is -1.00. The van der Waals surface area contributed by atoms with Crippen LogP contribution in [0, 0.1) is 5.82 Å². The molecule has 108 valence electrons. The Hall–Kier alpha value is -2.69. The van der Waals surface area contributed by atoms with E-state index in [0.717, 1.165) is 5.56 Å². The second-order valence-electron chi connectivity index (χ2n) is 4.55. The van der Waals surface area contributed by atoms with Crippen LogP contribution in [0.2, 0.25) is 0 Å². The van der Waals surface area contributed by atoms with Gasteiger partial charge in [-0.15, -0.1) is 0 Å². The maximum atomic E-state index is 12.9. The molecule has 0 fully saturated rings. The molecule has 1 N–H and O–H groups in total. The van der Waals surface area contributed by atoms with E-state index in [2.05, 4.69) is 0 Å². The highest BCUT2D eigenvalue weighted by molar-refractivity contribution is 5.86. The Morgan fingerprint density at radius 2 is 1.81 bits per heavy atom. The Kier molecular flexibility index (Phi) is 4.66. The summed E-state index contributed by atoms with van der Waals surface area (Å²) in [6, 6.07) is 12.6. The first-order valence-electron chi connectivity index (χ1n) is 6.35. The van der Waals surface area contributed by atoms with Crippen molar-refractivity contribution in [2.24, 2.45) is 0 Å². The van der Waals surface area contributed by atoms with Gasteiger partial charge < -0.3 is 10.0 Å². The van der Waals surface area contributed by atoms with Crippen LogP contribution in [0.15, 0.2) is 48.5 Å². The number of nitrogens with zero attached hydrogens (tertiary/aromatic N) is 1. The molecule has 2 rings (SSSR count). The van der Waals surface area contributed by atoms with Crippen LogP contribution in [0.3, 0.4) is 0 Å². The second kappa shape index (κ2) is 6.65. The maximum Gasteiger partial charge on any atom is 0.323 e. The van der Waals surface area contributed by atoms with Gasteiger partial charge in [0, 0.05) is 17.8 Å². The number of carbonyl (C=O) groups is 2. The van der Waals surface area contributed by atoms with Crippen LogP contribution in [-0.2, 0) is 11.3 Å². The van der Waals surface area contributed by atoms with Crippen molar-refractivity contribution in [3.8, 4) is 0 Å². The summed E-state index contributed by atoms with van der Waals surface area (Å²) in [5.41, 5.74) is 1.72. The van der Waals surface area contributed by atoms with Crippen molar-refractivity contribution in [2.75, 3.05) is 11.4 Å². The molecule has 21 heavy (non-hydrogen) atoms. The number of anilines is 1. The van der Waals surface area contributed by atoms with Gasteiger partial charge in [-0.05, 0) is 29.8 Å². The third-order valence-electron chi connectivity index (χ3n) is 3.02. The molecule has 0 heterocycles. The zero-order valence-electron chi connectivity index (χ0n) is 11.2. The molecular weight excluding hydrogens is 273 g/mol. The highest BCUT2D eigenvalue weighted by atomic mass is 19.1. The van der Waals surface area contributed by atoms with Crippen LogP contribution in [0.4, 0.5) is 10.1 Å². The molecule has 0 aromatic heterocycles. The van der Waals surface area contributed by atoms with Crippen molar-refractivity contribution < 1.29 is 19.1 Å². The zero-order valence-corrected chi connectivity index (χ0v) is 11.2. The fraction of sp³-hybridized carbons (Fsp3) is 0.125. The van der Waals surface area contributed by atoms with Gasteiger partial charge in [0.2, 0.25) is 0 Å². The minimum absolute atomic E-state index is 0.248. The molecule has 0 unspecified atom stereocenters. The first-order valence-corrected chi connectivity index (χ1v) is 6.35. The van der Waals surface area contributed by atoms with E-state index in [1.807, 2.05) is 0 Å². The van der Waals surface area contributed by atoms with Gasteiger partial charge in [-0.25, -0.2) is 4.39 Å². The quantitative estimate of drug-likeness (QED) is 0.830. The van der Waals surface area contributed by atoms with Crippen molar-refractivity contribution in [1.82, 2.24) is 0 Å².